The van der Waals surface area contributed by atoms with Gasteiger partial charge in [-0.1, -0.05) is 11.8 Å². The molecule has 3 heterocycles. The quantitative estimate of drug-likeness (QED) is 0.587. The van der Waals surface area contributed by atoms with E-state index in [2.05, 4.69) is 14.9 Å². The summed E-state index contributed by atoms with van der Waals surface area (Å²) in [5.41, 5.74) is 0.888. The van der Waals surface area contributed by atoms with E-state index in [0.29, 0.717) is 29.9 Å². The fourth-order valence-corrected chi connectivity index (χ4v) is 3.04. The van der Waals surface area contributed by atoms with Crippen molar-refractivity contribution in [3.05, 3.63) is 35.4 Å². The highest BCUT2D eigenvalue weighted by Crippen LogP contribution is 2.24. The minimum absolute atomic E-state index is 0.167. The highest BCUT2D eigenvalue weighted by molar-refractivity contribution is 7.98. The summed E-state index contributed by atoms with van der Waals surface area (Å²) in [5, 5.41) is 11.3. The Hall–Kier alpha value is -2.06. The number of carboxylic acid groups (broad SMARTS) is 1. The molecule has 1 fully saturated rings. The van der Waals surface area contributed by atoms with Gasteiger partial charge in [-0.15, -0.1) is 0 Å². The van der Waals surface area contributed by atoms with Gasteiger partial charge in [0.1, 0.15) is 23.3 Å². The topological polar surface area (TPSA) is 91.5 Å². The second kappa shape index (κ2) is 7.01. The molecule has 1 aliphatic rings. The lowest BCUT2D eigenvalue weighted by Crippen LogP contribution is -2.36. The molecule has 8 heteroatoms. The van der Waals surface area contributed by atoms with Gasteiger partial charge in [0, 0.05) is 24.8 Å². The molecule has 0 bridgehead atoms. The Balaban J connectivity index is 1.69. The zero-order valence-corrected chi connectivity index (χ0v) is 13.5. The van der Waals surface area contributed by atoms with Crippen molar-refractivity contribution in [1.82, 2.24) is 9.97 Å². The van der Waals surface area contributed by atoms with Crippen LogP contribution in [0, 0.1) is 6.92 Å². The Labute approximate surface area is 137 Å². The minimum atomic E-state index is -1.32. The SMILES string of the molecule is Cc1cc(N2CCOCC2)nc(SCc2ccc(C(=O)[O-])o2)n1. The zero-order chi connectivity index (χ0) is 16.2. The van der Waals surface area contributed by atoms with Crippen LogP contribution >= 0.6 is 11.8 Å². The number of nitrogens with zero attached hydrogens (tertiary/aromatic N) is 3. The molecule has 2 aromatic heterocycles. The number of hydrogen-bond donors (Lipinski definition) is 0. The third kappa shape index (κ3) is 4.02. The van der Waals surface area contributed by atoms with Gasteiger partial charge < -0.3 is 24.0 Å². The number of aromatic nitrogens is 2. The highest BCUT2D eigenvalue weighted by Gasteiger charge is 2.14. The van der Waals surface area contributed by atoms with Gasteiger partial charge in [0.05, 0.1) is 19.0 Å². The van der Waals surface area contributed by atoms with Crippen molar-refractivity contribution >= 4 is 23.5 Å². The van der Waals surface area contributed by atoms with Crippen molar-refractivity contribution in [2.24, 2.45) is 0 Å². The number of carbonyl (C=O) groups is 1. The van der Waals surface area contributed by atoms with Crippen molar-refractivity contribution in [2.75, 3.05) is 31.2 Å². The van der Waals surface area contributed by atoms with Crippen LogP contribution < -0.4 is 10.0 Å². The number of anilines is 1. The molecule has 7 nitrogen and oxygen atoms in total. The summed E-state index contributed by atoms with van der Waals surface area (Å²) in [5.74, 6) is 0.409. The summed E-state index contributed by atoms with van der Waals surface area (Å²) in [6.07, 6.45) is 0. The summed E-state index contributed by atoms with van der Waals surface area (Å²) in [6.45, 7) is 4.95. The Bertz CT molecular complexity index is 698. The van der Waals surface area contributed by atoms with E-state index in [-0.39, 0.29) is 5.76 Å². The van der Waals surface area contributed by atoms with Crippen LogP contribution in [0.5, 0.6) is 0 Å². The van der Waals surface area contributed by atoms with Crippen LogP contribution in [-0.4, -0.2) is 42.2 Å². The molecular weight excluding hydrogens is 318 g/mol. The Morgan fingerprint density at radius 1 is 1.35 bits per heavy atom. The third-order valence-corrected chi connectivity index (χ3v) is 4.23. The lowest BCUT2D eigenvalue weighted by molar-refractivity contribution is -0.257. The smallest absolute Gasteiger partial charge is 0.190 e. The average molecular weight is 334 g/mol. The van der Waals surface area contributed by atoms with Crippen LogP contribution in [0.3, 0.4) is 0 Å². The molecule has 0 atom stereocenters. The second-order valence-electron chi connectivity index (χ2n) is 5.09. The molecular formula is C15H16N3O4S-. The summed E-state index contributed by atoms with van der Waals surface area (Å²) < 4.78 is 10.5. The Morgan fingerprint density at radius 2 is 2.13 bits per heavy atom. The van der Waals surface area contributed by atoms with Crippen LogP contribution in [0.15, 0.2) is 27.8 Å². The van der Waals surface area contributed by atoms with E-state index >= 15 is 0 Å². The number of carbonyl (C=O) groups excluding carboxylic acids is 1. The van der Waals surface area contributed by atoms with E-state index in [4.69, 9.17) is 9.15 Å². The van der Waals surface area contributed by atoms with Crippen molar-refractivity contribution in [3.63, 3.8) is 0 Å². The largest absolute Gasteiger partial charge is 0.542 e. The minimum Gasteiger partial charge on any atom is -0.542 e. The van der Waals surface area contributed by atoms with Crippen molar-refractivity contribution in [3.8, 4) is 0 Å². The van der Waals surface area contributed by atoms with Gasteiger partial charge >= 0.3 is 0 Å². The van der Waals surface area contributed by atoms with Crippen LogP contribution in [0.4, 0.5) is 5.82 Å². The van der Waals surface area contributed by atoms with Crippen LogP contribution in [0.2, 0.25) is 0 Å². The number of hydrogen-bond acceptors (Lipinski definition) is 8. The summed E-state index contributed by atoms with van der Waals surface area (Å²) in [4.78, 5) is 21.8. The maximum Gasteiger partial charge on any atom is 0.190 e. The van der Waals surface area contributed by atoms with Gasteiger partial charge in [-0.2, -0.15) is 0 Å². The second-order valence-corrected chi connectivity index (χ2v) is 6.03. The van der Waals surface area contributed by atoms with Gasteiger partial charge in [-0.3, -0.25) is 0 Å². The Morgan fingerprint density at radius 3 is 2.83 bits per heavy atom. The maximum absolute atomic E-state index is 10.7. The molecule has 0 saturated carbocycles. The third-order valence-electron chi connectivity index (χ3n) is 3.36. The Kier molecular flexibility index (Phi) is 4.82. The van der Waals surface area contributed by atoms with E-state index in [1.807, 2.05) is 13.0 Å². The van der Waals surface area contributed by atoms with Gasteiger partial charge in [0.2, 0.25) is 0 Å². The molecule has 0 unspecified atom stereocenters. The van der Waals surface area contributed by atoms with Gasteiger partial charge in [0.15, 0.2) is 5.16 Å². The van der Waals surface area contributed by atoms with Gasteiger partial charge in [-0.05, 0) is 19.1 Å². The standard InChI is InChI=1S/C15H17N3O4S/c1-10-8-13(18-4-6-21-7-5-18)17-15(16-10)23-9-11-2-3-12(22-11)14(19)20/h2-3,8H,4-7,9H2,1H3,(H,19,20)/p-1. The molecule has 0 spiro atoms. The molecule has 0 aliphatic carbocycles. The van der Waals surface area contributed by atoms with E-state index < -0.39 is 5.97 Å². The molecule has 0 aromatic carbocycles. The molecule has 1 saturated heterocycles. The predicted molar refractivity (Wildman–Crippen MR) is 82.4 cm³/mol. The molecule has 2 aromatic rings. The lowest BCUT2D eigenvalue weighted by Gasteiger charge is -2.28. The summed E-state index contributed by atoms with van der Waals surface area (Å²) in [6, 6.07) is 4.97. The molecule has 122 valence electrons. The van der Waals surface area contributed by atoms with E-state index in [1.54, 1.807) is 6.07 Å². The van der Waals surface area contributed by atoms with Crippen molar-refractivity contribution in [2.45, 2.75) is 17.8 Å². The van der Waals surface area contributed by atoms with Crippen LogP contribution in [0.25, 0.3) is 0 Å². The first-order valence-electron chi connectivity index (χ1n) is 7.23. The lowest BCUT2D eigenvalue weighted by atomic mass is 10.3. The average Bonchev–Trinajstić information content (AvgIpc) is 3.03. The van der Waals surface area contributed by atoms with E-state index in [1.165, 1.54) is 17.8 Å². The first-order valence-corrected chi connectivity index (χ1v) is 8.21. The fraction of sp³-hybridized carbons (Fsp3) is 0.400. The van der Waals surface area contributed by atoms with E-state index in [9.17, 15) is 9.90 Å². The number of aromatic carboxylic acids is 1. The van der Waals surface area contributed by atoms with Crippen LogP contribution in [0.1, 0.15) is 22.0 Å². The number of carboxylic acids is 1. The van der Waals surface area contributed by atoms with Crippen LogP contribution in [-0.2, 0) is 10.5 Å². The zero-order valence-electron chi connectivity index (χ0n) is 12.7. The molecule has 0 radical (unpaired) electrons. The van der Waals surface area contributed by atoms with Crippen molar-refractivity contribution < 1.29 is 19.1 Å². The van der Waals surface area contributed by atoms with E-state index in [0.717, 1.165) is 24.6 Å². The first-order chi connectivity index (χ1) is 11.1. The number of ether oxygens (including phenoxy) is 1. The first kappa shape index (κ1) is 15.8. The van der Waals surface area contributed by atoms with Crippen molar-refractivity contribution in [1.29, 1.82) is 0 Å². The normalized spacial score (nSPS) is 14.9. The molecule has 3 rings (SSSR count). The number of rotatable bonds is 5. The monoisotopic (exact) mass is 334 g/mol. The number of thioether (sulfide) groups is 1. The number of furan rings is 1. The molecule has 0 amide bonds. The number of morpholine rings is 1. The molecule has 0 N–H and O–H groups in total. The fourth-order valence-electron chi connectivity index (χ4n) is 2.25. The van der Waals surface area contributed by atoms with Gasteiger partial charge in [0.25, 0.3) is 0 Å². The predicted octanol–water partition coefficient (Wildman–Crippen LogP) is 0.870. The van der Waals surface area contributed by atoms with Gasteiger partial charge in [-0.25, -0.2) is 9.97 Å². The molecule has 23 heavy (non-hydrogen) atoms. The maximum atomic E-state index is 10.7. The molecule has 1 aliphatic heterocycles. The summed E-state index contributed by atoms with van der Waals surface area (Å²) >= 11 is 1.40. The summed E-state index contributed by atoms with van der Waals surface area (Å²) in [7, 11) is 0. The number of aryl methyl sites for hydroxylation is 1. The highest BCUT2D eigenvalue weighted by atomic mass is 32.2.